The molecule has 6 heteroatoms. The molecule has 0 N–H and O–H groups in total. The Morgan fingerprint density at radius 1 is 1.17 bits per heavy atom. The molecule has 1 fully saturated rings. The van der Waals surface area contributed by atoms with Gasteiger partial charge in [0, 0.05) is 26.1 Å². The molecule has 0 bridgehead atoms. The Kier molecular flexibility index (Phi) is 5.91. The maximum Gasteiger partial charge on any atom is 0.233 e. The van der Waals surface area contributed by atoms with Crippen molar-refractivity contribution in [3.63, 3.8) is 0 Å². The van der Waals surface area contributed by atoms with Crippen LogP contribution < -0.4 is 0 Å². The van der Waals surface area contributed by atoms with Gasteiger partial charge in [0.1, 0.15) is 5.82 Å². The average molecular weight is 344 g/mol. The molecule has 0 spiro atoms. The number of nitrogens with zero attached hydrogens (tertiary/aromatic N) is 4. The molecule has 1 aliphatic heterocycles. The van der Waals surface area contributed by atoms with E-state index in [0.717, 1.165) is 56.3 Å². The molecule has 128 valence electrons. The van der Waals surface area contributed by atoms with Crippen LogP contribution in [0.5, 0.6) is 0 Å². The highest BCUT2D eigenvalue weighted by molar-refractivity contribution is 7.99. The van der Waals surface area contributed by atoms with Crippen molar-refractivity contribution in [3.8, 4) is 0 Å². The van der Waals surface area contributed by atoms with Crippen molar-refractivity contribution >= 4 is 17.7 Å². The molecule has 1 aliphatic rings. The number of hydrogen-bond donors (Lipinski definition) is 0. The summed E-state index contributed by atoms with van der Waals surface area (Å²) in [6.07, 6.45) is 4.05. The van der Waals surface area contributed by atoms with Crippen LogP contribution in [0.3, 0.4) is 0 Å². The van der Waals surface area contributed by atoms with Crippen LogP contribution in [0.4, 0.5) is 0 Å². The summed E-state index contributed by atoms with van der Waals surface area (Å²) >= 11 is 1.51. The SMILES string of the molecule is CCCn1c(Cc2ccccc2)nnc1SCC(=O)N1CCCC1. The monoisotopic (exact) mass is 344 g/mol. The summed E-state index contributed by atoms with van der Waals surface area (Å²) in [5.41, 5.74) is 1.23. The third kappa shape index (κ3) is 4.17. The van der Waals surface area contributed by atoms with Crippen LogP contribution in [0.15, 0.2) is 35.5 Å². The molecule has 3 rings (SSSR count). The van der Waals surface area contributed by atoms with Gasteiger partial charge in [-0.2, -0.15) is 0 Å². The van der Waals surface area contributed by atoms with E-state index in [1.807, 2.05) is 23.1 Å². The number of hydrogen-bond acceptors (Lipinski definition) is 4. The van der Waals surface area contributed by atoms with Crippen LogP contribution in [0, 0.1) is 0 Å². The fourth-order valence-corrected chi connectivity index (χ4v) is 3.85. The molecule has 5 nitrogen and oxygen atoms in total. The Labute approximate surface area is 147 Å². The second-order valence-corrected chi connectivity index (χ2v) is 7.03. The lowest BCUT2D eigenvalue weighted by Gasteiger charge is -2.14. The fraction of sp³-hybridized carbons (Fsp3) is 0.500. The van der Waals surface area contributed by atoms with Crippen LogP contribution in [-0.4, -0.2) is 44.4 Å². The van der Waals surface area contributed by atoms with E-state index < -0.39 is 0 Å². The Bertz CT molecular complexity index is 665. The highest BCUT2D eigenvalue weighted by atomic mass is 32.2. The molecule has 0 atom stereocenters. The third-order valence-corrected chi connectivity index (χ3v) is 5.18. The minimum Gasteiger partial charge on any atom is -0.342 e. The maximum atomic E-state index is 12.2. The van der Waals surface area contributed by atoms with Gasteiger partial charge in [0.15, 0.2) is 5.16 Å². The summed E-state index contributed by atoms with van der Waals surface area (Å²) in [7, 11) is 0. The second-order valence-electron chi connectivity index (χ2n) is 6.09. The van der Waals surface area contributed by atoms with Crippen LogP contribution in [0.25, 0.3) is 0 Å². The quantitative estimate of drug-likeness (QED) is 0.725. The molecule has 1 aromatic carbocycles. The zero-order chi connectivity index (χ0) is 16.8. The number of aromatic nitrogens is 3. The lowest BCUT2D eigenvalue weighted by atomic mass is 10.1. The predicted octanol–water partition coefficient (Wildman–Crippen LogP) is 2.99. The smallest absolute Gasteiger partial charge is 0.233 e. The van der Waals surface area contributed by atoms with Crippen molar-refractivity contribution in [2.75, 3.05) is 18.8 Å². The summed E-state index contributed by atoms with van der Waals surface area (Å²) in [6, 6.07) is 10.3. The number of rotatable bonds is 7. The molecule has 1 aromatic heterocycles. The van der Waals surface area contributed by atoms with Crippen molar-refractivity contribution < 1.29 is 4.79 Å². The normalized spacial score (nSPS) is 14.3. The first-order valence-electron chi connectivity index (χ1n) is 8.64. The summed E-state index contributed by atoms with van der Waals surface area (Å²) in [6.45, 7) is 4.84. The van der Waals surface area contributed by atoms with E-state index >= 15 is 0 Å². The Balaban J connectivity index is 1.67. The van der Waals surface area contributed by atoms with E-state index in [1.54, 1.807) is 0 Å². The molecule has 2 heterocycles. The van der Waals surface area contributed by atoms with Crippen LogP contribution in [0.1, 0.15) is 37.6 Å². The van der Waals surface area contributed by atoms with Gasteiger partial charge in [-0.05, 0) is 24.8 Å². The topological polar surface area (TPSA) is 51.0 Å². The van der Waals surface area contributed by atoms with Crippen molar-refractivity contribution in [1.82, 2.24) is 19.7 Å². The molecule has 0 aliphatic carbocycles. The number of thioether (sulfide) groups is 1. The van der Waals surface area contributed by atoms with E-state index in [1.165, 1.54) is 17.3 Å². The maximum absolute atomic E-state index is 12.2. The van der Waals surface area contributed by atoms with Gasteiger partial charge in [0.2, 0.25) is 5.91 Å². The van der Waals surface area contributed by atoms with Gasteiger partial charge < -0.3 is 9.47 Å². The van der Waals surface area contributed by atoms with Crippen molar-refractivity contribution in [1.29, 1.82) is 0 Å². The van der Waals surface area contributed by atoms with Gasteiger partial charge in [-0.1, -0.05) is 49.0 Å². The molecule has 2 aromatic rings. The minimum absolute atomic E-state index is 0.216. The number of carbonyl (C=O) groups excluding carboxylic acids is 1. The number of likely N-dealkylation sites (tertiary alicyclic amines) is 1. The van der Waals surface area contributed by atoms with Gasteiger partial charge in [0.25, 0.3) is 0 Å². The van der Waals surface area contributed by atoms with Gasteiger partial charge in [-0.3, -0.25) is 4.79 Å². The first kappa shape index (κ1) is 17.0. The zero-order valence-electron chi connectivity index (χ0n) is 14.1. The van der Waals surface area contributed by atoms with E-state index in [4.69, 9.17) is 0 Å². The third-order valence-electron chi connectivity index (χ3n) is 4.23. The molecule has 24 heavy (non-hydrogen) atoms. The molecular weight excluding hydrogens is 320 g/mol. The molecule has 0 saturated carbocycles. The zero-order valence-corrected chi connectivity index (χ0v) is 15.0. The van der Waals surface area contributed by atoms with Crippen LogP contribution >= 0.6 is 11.8 Å². The average Bonchev–Trinajstić information content (AvgIpc) is 3.26. The summed E-state index contributed by atoms with van der Waals surface area (Å²) < 4.78 is 2.16. The van der Waals surface area contributed by atoms with Crippen LogP contribution in [0.2, 0.25) is 0 Å². The molecule has 1 amide bonds. The molecule has 0 radical (unpaired) electrons. The van der Waals surface area contributed by atoms with E-state index in [9.17, 15) is 4.79 Å². The van der Waals surface area contributed by atoms with E-state index in [2.05, 4.69) is 33.8 Å². The van der Waals surface area contributed by atoms with Crippen molar-refractivity contribution in [2.24, 2.45) is 0 Å². The van der Waals surface area contributed by atoms with E-state index in [0.29, 0.717) is 5.75 Å². The fourth-order valence-electron chi connectivity index (χ4n) is 2.97. The summed E-state index contributed by atoms with van der Waals surface area (Å²) in [4.78, 5) is 14.2. The van der Waals surface area contributed by atoms with Gasteiger partial charge in [0.05, 0.1) is 5.75 Å². The summed E-state index contributed by atoms with van der Waals surface area (Å²) in [5, 5.41) is 9.56. The van der Waals surface area contributed by atoms with Gasteiger partial charge >= 0.3 is 0 Å². The van der Waals surface area contributed by atoms with Gasteiger partial charge in [-0.25, -0.2) is 0 Å². The first-order chi connectivity index (χ1) is 11.8. The number of amides is 1. The second kappa shape index (κ2) is 8.33. The minimum atomic E-state index is 0.216. The van der Waals surface area contributed by atoms with Gasteiger partial charge in [-0.15, -0.1) is 10.2 Å². The Morgan fingerprint density at radius 3 is 2.62 bits per heavy atom. The molecule has 0 unspecified atom stereocenters. The molecule has 1 saturated heterocycles. The van der Waals surface area contributed by atoms with Crippen LogP contribution in [-0.2, 0) is 17.8 Å². The highest BCUT2D eigenvalue weighted by Gasteiger charge is 2.20. The molecular formula is C18H24N4OS. The highest BCUT2D eigenvalue weighted by Crippen LogP contribution is 2.21. The Morgan fingerprint density at radius 2 is 1.92 bits per heavy atom. The van der Waals surface area contributed by atoms with Crippen molar-refractivity contribution in [3.05, 3.63) is 41.7 Å². The standard InChI is InChI=1S/C18H24N4OS/c1-2-10-22-16(13-15-8-4-3-5-9-15)19-20-18(22)24-14-17(23)21-11-6-7-12-21/h3-5,8-9H,2,6-7,10-14H2,1H3. The number of carbonyl (C=O) groups is 1. The largest absolute Gasteiger partial charge is 0.342 e. The lowest BCUT2D eigenvalue weighted by Crippen LogP contribution is -2.29. The lowest BCUT2D eigenvalue weighted by molar-refractivity contribution is -0.127. The van der Waals surface area contributed by atoms with E-state index in [-0.39, 0.29) is 5.91 Å². The Hall–Kier alpha value is -1.82. The number of benzene rings is 1. The first-order valence-corrected chi connectivity index (χ1v) is 9.63. The predicted molar refractivity (Wildman–Crippen MR) is 96.1 cm³/mol. The van der Waals surface area contributed by atoms with Crippen molar-refractivity contribution in [2.45, 2.75) is 44.3 Å². The summed E-state index contributed by atoms with van der Waals surface area (Å²) in [5.74, 6) is 1.64.